The molecule has 20 heavy (non-hydrogen) atoms. The highest BCUT2D eigenvalue weighted by atomic mass is 35.5. The lowest BCUT2D eigenvalue weighted by atomic mass is 10.1. The lowest BCUT2D eigenvalue weighted by Gasteiger charge is -2.13. The van der Waals surface area contributed by atoms with Crippen molar-refractivity contribution < 1.29 is 9.90 Å². The molecule has 1 aromatic carbocycles. The first kappa shape index (κ1) is 14.4. The van der Waals surface area contributed by atoms with Gasteiger partial charge in [-0.1, -0.05) is 23.7 Å². The Bertz CT molecular complexity index is 559. The number of hydrogen-bond donors (Lipinski definition) is 4. The maximum atomic E-state index is 11.5. The molecule has 1 heterocycles. The van der Waals surface area contributed by atoms with Gasteiger partial charge in [0.2, 0.25) is 0 Å². The smallest absolute Gasteiger partial charge is 0.315 e. The highest BCUT2D eigenvalue weighted by Crippen LogP contribution is 2.16. The summed E-state index contributed by atoms with van der Waals surface area (Å²) in [5, 5.41) is 22.2. The number of aliphatic hydroxyl groups excluding tert-OH is 1. The summed E-state index contributed by atoms with van der Waals surface area (Å²) in [6.07, 6.45) is 0.810. The standard InChI is InChI=1S/C13H15ClN4O2/c14-10-3-1-2-9(6-10)12(19)8-16-13(20)15-7-11-4-5-17-18-11/h1-6,12,19H,7-8H2,(H,17,18)(H2,15,16,20). The van der Waals surface area contributed by atoms with Gasteiger partial charge in [0.1, 0.15) is 0 Å². The van der Waals surface area contributed by atoms with E-state index in [2.05, 4.69) is 20.8 Å². The third-order valence-corrected chi connectivity index (χ3v) is 2.92. The zero-order valence-corrected chi connectivity index (χ0v) is 11.4. The Kier molecular flexibility index (Phi) is 4.97. The second kappa shape index (κ2) is 6.93. The average molecular weight is 295 g/mol. The van der Waals surface area contributed by atoms with Crippen LogP contribution in [0, 0.1) is 0 Å². The fourth-order valence-electron chi connectivity index (χ4n) is 1.64. The predicted octanol–water partition coefficient (Wildman–Crippen LogP) is 1.60. The molecule has 0 saturated carbocycles. The van der Waals surface area contributed by atoms with Crippen molar-refractivity contribution in [2.45, 2.75) is 12.6 Å². The Labute approximate surface area is 121 Å². The predicted molar refractivity (Wildman–Crippen MR) is 75.2 cm³/mol. The summed E-state index contributed by atoms with van der Waals surface area (Å²) < 4.78 is 0. The van der Waals surface area contributed by atoms with E-state index < -0.39 is 6.10 Å². The van der Waals surface area contributed by atoms with Crippen LogP contribution in [-0.2, 0) is 6.54 Å². The average Bonchev–Trinajstić information content (AvgIpc) is 2.95. The van der Waals surface area contributed by atoms with Crippen LogP contribution in [0.3, 0.4) is 0 Å². The molecule has 7 heteroatoms. The van der Waals surface area contributed by atoms with Crippen LogP contribution in [-0.4, -0.2) is 27.9 Å². The van der Waals surface area contributed by atoms with Crippen LogP contribution < -0.4 is 10.6 Å². The Balaban J connectivity index is 1.75. The maximum Gasteiger partial charge on any atom is 0.315 e. The van der Waals surface area contributed by atoms with Crippen molar-refractivity contribution in [1.82, 2.24) is 20.8 Å². The van der Waals surface area contributed by atoms with E-state index in [9.17, 15) is 9.90 Å². The first-order valence-corrected chi connectivity index (χ1v) is 6.46. The molecule has 6 nitrogen and oxygen atoms in total. The minimum Gasteiger partial charge on any atom is -0.387 e. The van der Waals surface area contributed by atoms with Gasteiger partial charge in [-0.25, -0.2) is 4.79 Å². The molecule has 0 aliphatic rings. The van der Waals surface area contributed by atoms with E-state index in [0.29, 0.717) is 17.1 Å². The van der Waals surface area contributed by atoms with Gasteiger partial charge in [0.05, 0.1) is 18.3 Å². The van der Waals surface area contributed by atoms with Crippen molar-refractivity contribution in [3.63, 3.8) is 0 Å². The van der Waals surface area contributed by atoms with Crippen molar-refractivity contribution in [3.05, 3.63) is 52.8 Å². The number of urea groups is 1. The summed E-state index contributed by atoms with van der Waals surface area (Å²) in [5.41, 5.74) is 1.46. The SMILES string of the molecule is O=C(NCc1ccn[nH]1)NCC(O)c1cccc(Cl)c1. The zero-order chi connectivity index (χ0) is 14.4. The van der Waals surface area contributed by atoms with Gasteiger partial charge < -0.3 is 15.7 Å². The Morgan fingerprint density at radius 2 is 2.25 bits per heavy atom. The molecule has 1 aromatic heterocycles. The number of aromatic amines is 1. The molecule has 0 saturated heterocycles. The van der Waals surface area contributed by atoms with Gasteiger partial charge in [-0.2, -0.15) is 5.10 Å². The molecule has 0 fully saturated rings. The quantitative estimate of drug-likeness (QED) is 0.675. The maximum absolute atomic E-state index is 11.5. The van der Waals surface area contributed by atoms with Crippen LogP contribution in [0.4, 0.5) is 4.79 Å². The van der Waals surface area contributed by atoms with E-state index in [1.165, 1.54) is 0 Å². The lowest BCUT2D eigenvalue weighted by Crippen LogP contribution is -2.37. The molecule has 0 radical (unpaired) electrons. The van der Waals surface area contributed by atoms with E-state index in [1.807, 2.05) is 0 Å². The summed E-state index contributed by atoms with van der Waals surface area (Å²) in [6, 6.07) is 8.29. The van der Waals surface area contributed by atoms with Crippen molar-refractivity contribution in [1.29, 1.82) is 0 Å². The number of nitrogens with zero attached hydrogens (tertiary/aromatic N) is 1. The van der Waals surface area contributed by atoms with Gasteiger partial charge in [0.15, 0.2) is 0 Å². The molecule has 4 N–H and O–H groups in total. The van der Waals surface area contributed by atoms with Crippen LogP contribution in [0.5, 0.6) is 0 Å². The van der Waals surface area contributed by atoms with Gasteiger partial charge >= 0.3 is 6.03 Å². The van der Waals surface area contributed by atoms with Crippen LogP contribution >= 0.6 is 11.6 Å². The second-order valence-electron chi connectivity index (χ2n) is 4.22. The number of H-pyrrole nitrogens is 1. The summed E-state index contributed by atoms with van der Waals surface area (Å²) >= 11 is 5.84. The molecule has 1 atom stereocenters. The topological polar surface area (TPSA) is 90.0 Å². The Hall–Kier alpha value is -2.05. The number of carbonyl (C=O) groups is 1. The molecule has 2 aromatic rings. The van der Waals surface area contributed by atoms with Crippen molar-refractivity contribution in [3.8, 4) is 0 Å². The number of benzene rings is 1. The number of rotatable bonds is 5. The van der Waals surface area contributed by atoms with Crippen molar-refractivity contribution >= 4 is 17.6 Å². The van der Waals surface area contributed by atoms with Crippen LogP contribution in [0.2, 0.25) is 5.02 Å². The number of halogens is 1. The monoisotopic (exact) mass is 294 g/mol. The van der Waals surface area contributed by atoms with Gasteiger partial charge in [-0.05, 0) is 23.8 Å². The fraction of sp³-hybridized carbons (Fsp3) is 0.231. The van der Waals surface area contributed by atoms with Gasteiger partial charge in [0.25, 0.3) is 0 Å². The van der Waals surface area contributed by atoms with Crippen LogP contribution in [0.15, 0.2) is 36.5 Å². The van der Waals surface area contributed by atoms with Crippen molar-refractivity contribution in [2.24, 2.45) is 0 Å². The lowest BCUT2D eigenvalue weighted by molar-refractivity contribution is 0.173. The summed E-state index contributed by atoms with van der Waals surface area (Å²) in [4.78, 5) is 11.5. The highest BCUT2D eigenvalue weighted by molar-refractivity contribution is 6.30. The van der Waals surface area contributed by atoms with E-state index in [1.54, 1.807) is 36.5 Å². The first-order chi connectivity index (χ1) is 9.65. The second-order valence-corrected chi connectivity index (χ2v) is 4.65. The zero-order valence-electron chi connectivity index (χ0n) is 10.6. The van der Waals surface area contributed by atoms with Crippen molar-refractivity contribution in [2.75, 3.05) is 6.54 Å². The third kappa shape index (κ3) is 4.25. The van der Waals surface area contributed by atoms with Crippen LogP contribution in [0.1, 0.15) is 17.4 Å². The number of carbonyl (C=O) groups excluding carboxylic acids is 1. The van der Waals surface area contributed by atoms with Gasteiger partial charge in [-0.15, -0.1) is 0 Å². The van der Waals surface area contributed by atoms with E-state index in [4.69, 9.17) is 11.6 Å². The third-order valence-electron chi connectivity index (χ3n) is 2.69. The van der Waals surface area contributed by atoms with E-state index in [0.717, 1.165) is 5.69 Å². The number of aromatic nitrogens is 2. The minimum atomic E-state index is -0.799. The number of aliphatic hydroxyl groups is 1. The molecular weight excluding hydrogens is 280 g/mol. The first-order valence-electron chi connectivity index (χ1n) is 6.08. The Morgan fingerprint density at radius 1 is 1.40 bits per heavy atom. The van der Waals surface area contributed by atoms with E-state index in [-0.39, 0.29) is 12.6 Å². The molecule has 106 valence electrons. The minimum absolute atomic E-state index is 0.106. The molecule has 0 aliphatic heterocycles. The molecule has 0 spiro atoms. The summed E-state index contributed by atoms with van der Waals surface area (Å²) in [5.74, 6) is 0. The molecule has 0 aliphatic carbocycles. The normalized spacial score (nSPS) is 11.9. The van der Waals surface area contributed by atoms with E-state index >= 15 is 0 Å². The fourth-order valence-corrected chi connectivity index (χ4v) is 1.84. The molecular formula is C13H15ClN4O2. The van der Waals surface area contributed by atoms with Gasteiger partial charge in [0, 0.05) is 17.8 Å². The van der Waals surface area contributed by atoms with Gasteiger partial charge in [-0.3, -0.25) is 5.10 Å². The molecule has 1 unspecified atom stereocenters. The largest absolute Gasteiger partial charge is 0.387 e. The summed E-state index contributed by atoms with van der Waals surface area (Å²) in [7, 11) is 0. The molecule has 2 amide bonds. The summed E-state index contributed by atoms with van der Waals surface area (Å²) in [6.45, 7) is 0.453. The number of amides is 2. The molecule has 2 rings (SSSR count). The van der Waals surface area contributed by atoms with Crippen LogP contribution in [0.25, 0.3) is 0 Å². The molecule has 0 bridgehead atoms. The number of nitrogens with one attached hydrogen (secondary N) is 3. The number of hydrogen-bond acceptors (Lipinski definition) is 3. The highest BCUT2D eigenvalue weighted by Gasteiger charge is 2.09. The Morgan fingerprint density at radius 3 is 2.95 bits per heavy atom.